The fourth-order valence-electron chi connectivity index (χ4n) is 8.94. The first-order valence-corrected chi connectivity index (χ1v) is 13.7. The van der Waals surface area contributed by atoms with Crippen LogP contribution in [0, 0.1) is 11.8 Å². The van der Waals surface area contributed by atoms with Crippen LogP contribution in [0.15, 0.2) is 48.5 Å². The van der Waals surface area contributed by atoms with Crippen LogP contribution in [-0.2, 0) is 0 Å². The minimum absolute atomic E-state index is 0.137. The molecule has 0 spiro atoms. The second-order valence-electron chi connectivity index (χ2n) is 11.3. The van der Waals surface area contributed by atoms with Gasteiger partial charge in [0.15, 0.2) is 11.3 Å². The van der Waals surface area contributed by atoms with Gasteiger partial charge in [0.25, 0.3) is 0 Å². The Labute approximate surface area is 206 Å². The van der Waals surface area contributed by atoms with E-state index in [9.17, 15) is 0 Å². The van der Waals surface area contributed by atoms with Crippen LogP contribution in [0.4, 0.5) is 22.7 Å². The van der Waals surface area contributed by atoms with E-state index in [1.807, 2.05) is 0 Å². The Morgan fingerprint density at radius 1 is 0.471 bits per heavy atom. The third kappa shape index (κ3) is 2.60. The van der Waals surface area contributed by atoms with Crippen LogP contribution in [0.1, 0.15) is 64.2 Å². The third-order valence-corrected chi connectivity index (χ3v) is 10.1. The smallest absolute Gasteiger partial charge is 0.159 e. The summed E-state index contributed by atoms with van der Waals surface area (Å²) in [7, 11) is 9.64. The van der Waals surface area contributed by atoms with Crippen molar-refractivity contribution in [1.82, 2.24) is 0 Å². The Hall–Kier alpha value is -2.36. The average molecular weight is 459 g/mol. The van der Waals surface area contributed by atoms with E-state index in [-0.39, 0.29) is 11.3 Å². The standard InChI is InChI=1S/C30H42N4/c1-31-25-19-11-12-20-26(25)32(2)29(31,23-15-7-5-8-16-23)30(24-17-9-6-10-18-24)33(3)27-21-13-14-22-28(27)34(30)4/h11-14,19-24H,5-10,15-18H2,1-4H3. The van der Waals surface area contributed by atoms with E-state index < -0.39 is 0 Å². The zero-order chi connectivity index (χ0) is 23.5. The predicted octanol–water partition coefficient (Wildman–Crippen LogP) is 6.71. The van der Waals surface area contributed by atoms with E-state index >= 15 is 0 Å². The van der Waals surface area contributed by atoms with Gasteiger partial charge in [0.05, 0.1) is 22.7 Å². The molecule has 0 atom stereocenters. The Morgan fingerprint density at radius 3 is 1.00 bits per heavy atom. The largest absolute Gasteiger partial charge is 0.346 e. The summed E-state index contributed by atoms with van der Waals surface area (Å²) in [5.41, 5.74) is 5.29. The molecule has 182 valence electrons. The normalized spacial score (nSPS) is 24.5. The lowest BCUT2D eigenvalue weighted by Crippen LogP contribution is -2.83. The number of fused-ring (bicyclic) bond motifs is 2. The number of para-hydroxylation sites is 4. The lowest BCUT2D eigenvalue weighted by atomic mass is 9.64. The van der Waals surface area contributed by atoms with Gasteiger partial charge in [0.1, 0.15) is 0 Å². The molecule has 2 saturated carbocycles. The molecule has 4 heteroatoms. The number of nitrogens with zero attached hydrogens (tertiary/aromatic N) is 4. The summed E-state index contributed by atoms with van der Waals surface area (Å²) in [6.07, 6.45) is 13.4. The van der Waals surface area contributed by atoms with E-state index in [1.54, 1.807) is 0 Å². The van der Waals surface area contributed by atoms with Crippen molar-refractivity contribution in [3.8, 4) is 0 Å². The number of hydrogen-bond donors (Lipinski definition) is 0. The molecule has 0 bridgehead atoms. The molecule has 6 rings (SSSR count). The van der Waals surface area contributed by atoms with Crippen molar-refractivity contribution in [1.29, 1.82) is 0 Å². The molecule has 2 heterocycles. The minimum atomic E-state index is -0.137. The molecule has 4 aliphatic rings. The molecule has 2 aliphatic carbocycles. The molecule has 34 heavy (non-hydrogen) atoms. The minimum Gasteiger partial charge on any atom is -0.346 e. The summed E-state index contributed by atoms with van der Waals surface area (Å²) >= 11 is 0. The van der Waals surface area contributed by atoms with Crippen molar-refractivity contribution >= 4 is 22.7 Å². The topological polar surface area (TPSA) is 13.0 Å². The van der Waals surface area contributed by atoms with E-state index in [0.29, 0.717) is 11.8 Å². The lowest BCUT2D eigenvalue weighted by Gasteiger charge is -2.66. The predicted molar refractivity (Wildman–Crippen MR) is 145 cm³/mol. The molecule has 0 aromatic heterocycles. The molecule has 0 unspecified atom stereocenters. The van der Waals surface area contributed by atoms with E-state index in [2.05, 4.69) is 96.3 Å². The summed E-state index contributed by atoms with van der Waals surface area (Å²) in [5, 5.41) is 0. The van der Waals surface area contributed by atoms with Crippen molar-refractivity contribution < 1.29 is 0 Å². The molecule has 0 saturated heterocycles. The van der Waals surface area contributed by atoms with Crippen molar-refractivity contribution in [2.45, 2.75) is 75.5 Å². The van der Waals surface area contributed by atoms with Gasteiger partial charge in [-0.2, -0.15) is 0 Å². The second kappa shape index (κ2) is 8.10. The highest BCUT2D eigenvalue weighted by Crippen LogP contribution is 2.63. The first-order chi connectivity index (χ1) is 16.6. The van der Waals surface area contributed by atoms with Crippen LogP contribution in [0.3, 0.4) is 0 Å². The van der Waals surface area contributed by atoms with Gasteiger partial charge in [-0.1, -0.05) is 62.8 Å². The molecular formula is C30H42N4. The van der Waals surface area contributed by atoms with Crippen LogP contribution in [-0.4, -0.2) is 39.5 Å². The Bertz CT molecular complexity index is 894. The highest BCUT2D eigenvalue weighted by atomic mass is 15.6. The third-order valence-electron chi connectivity index (χ3n) is 10.1. The Morgan fingerprint density at radius 2 is 0.735 bits per heavy atom. The molecule has 0 N–H and O–H groups in total. The van der Waals surface area contributed by atoms with E-state index in [1.165, 1.54) is 87.0 Å². The van der Waals surface area contributed by atoms with Crippen molar-refractivity contribution in [3.63, 3.8) is 0 Å². The fourth-order valence-corrected chi connectivity index (χ4v) is 8.94. The van der Waals surface area contributed by atoms with Crippen LogP contribution in [0.5, 0.6) is 0 Å². The quantitative estimate of drug-likeness (QED) is 0.506. The molecule has 2 fully saturated rings. The molecule has 2 aromatic rings. The van der Waals surface area contributed by atoms with Crippen LogP contribution in [0.25, 0.3) is 0 Å². The Balaban J connectivity index is 1.65. The van der Waals surface area contributed by atoms with Crippen LogP contribution < -0.4 is 19.6 Å². The number of likely N-dealkylation sites (N-methyl/N-ethyl adjacent to an activating group) is 4. The summed E-state index contributed by atoms with van der Waals surface area (Å²) in [6, 6.07) is 18.3. The summed E-state index contributed by atoms with van der Waals surface area (Å²) in [5.74, 6) is 1.23. The number of benzene rings is 2. The van der Waals surface area contributed by atoms with Crippen molar-refractivity contribution in [2.75, 3.05) is 47.8 Å². The maximum atomic E-state index is 2.73. The van der Waals surface area contributed by atoms with Gasteiger partial charge in [-0.3, -0.25) is 0 Å². The zero-order valence-corrected chi connectivity index (χ0v) is 21.6. The average Bonchev–Trinajstić information content (AvgIpc) is 3.26. The number of rotatable bonds is 3. The van der Waals surface area contributed by atoms with Crippen molar-refractivity contribution in [2.24, 2.45) is 11.8 Å². The number of hydrogen-bond acceptors (Lipinski definition) is 4. The molecule has 2 aliphatic heterocycles. The molecular weight excluding hydrogens is 416 g/mol. The second-order valence-corrected chi connectivity index (χ2v) is 11.3. The number of anilines is 4. The van der Waals surface area contributed by atoms with Gasteiger partial charge in [-0.05, 0) is 49.9 Å². The van der Waals surface area contributed by atoms with Crippen LogP contribution in [0.2, 0.25) is 0 Å². The maximum Gasteiger partial charge on any atom is 0.159 e. The first-order valence-electron chi connectivity index (χ1n) is 13.7. The fraction of sp³-hybridized carbons (Fsp3) is 0.600. The van der Waals surface area contributed by atoms with E-state index in [4.69, 9.17) is 0 Å². The lowest BCUT2D eigenvalue weighted by molar-refractivity contribution is 0.0493. The van der Waals surface area contributed by atoms with Gasteiger partial charge in [-0.25, -0.2) is 0 Å². The summed E-state index contributed by atoms with van der Waals surface area (Å²) in [6.45, 7) is 0. The van der Waals surface area contributed by atoms with Crippen molar-refractivity contribution in [3.05, 3.63) is 48.5 Å². The summed E-state index contributed by atoms with van der Waals surface area (Å²) in [4.78, 5) is 10.9. The van der Waals surface area contributed by atoms with E-state index in [0.717, 1.165) is 0 Å². The zero-order valence-electron chi connectivity index (χ0n) is 21.6. The SMILES string of the molecule is CN1c2ccccc2N(C)C1(C1CCCCC1)C1(C2CCCCC2)N(C)c2ccccc2N1C. The highest BCUT2D eigenvalue weighted by molar-refractivity contribution is 5.86. The maximum absolute atomic E-state index is 2.73. The van der Waals surface area contributed by atoms with Gasteiger partial charge >= 0.3 is 0 Å². The Kier molecular flexibility index (Phi) is 5.27. The van der Waals surface area contributed by atoms with Crippen LogP contribution >= 0.6 is 0 Å². The molecule has 2 aromatic carbocycles. The van der Waals surface area contributed by atoms with Gasteiger partial charge < -0.3 is 19.6 Å². The van der Waals surface area contributed by atoms with Gasteiger partial charge in [0.2, 0.25) is 0 Å². The monoisotopic (exact) mass is 458 g/mol. The summed E-state index contributed by atoms with van der Waals surface area (Å²) < 4.78 is 0. The first kappa shape index (κ1) is 22.1. The molecule has 0 radical (unpaired) electrons. The molecule has 0 amide bonds. The highest BCUT2D eigenvalue weighted by Gasteiger charge is 2.72. The van der Waals surface area contributed by atoms with Gasteiger partial charge in [0, 0.05) is 40.0 Å². The van der Waals surface area contributed by atoms with Gasteiger partial charge in [-0.15, -0.1) is 0 Å². The molecule has 4 nitrogen and oxygen atoms in total.